The number of methoxy groups -OCH3 is 1. The Hall–Kier alpha value is -1.18. The number of hydrogen-bond donors (Lipinski definition) is 2. The van der Waals surface area contributed by atoms with Crippen molar-refractivity contribution in [3.05, 3.63) is 11.1 Å². The maximum absolute atomic E-state index is 11.7. The van der Waals surface area contributed by atoms with Crippen molar-refractivity contribution >= 4 is 22.4 Å². The molecule has 0 saturated carbocycles. The SMILES string of the molecule is COC(=O)C1C(O)CCCN1Cc1cnc(N)s1. The Morgan fingerprint density at radius 1 is 1.78 bits per heavy atom. The predicted molar refractivity (Wildman–Crippen MR) is 68.0 cm³/mol. The average Bonchev–Trinajstić information content (AvgIpc) is 2.74. The highest BCUT2D eigenvalue weighted by molar-refractivity contribution is 7.15. The summed E-state index contributed by atoms with van der Waals surface area (Å²) < 4.78 is 4.76. The molecule has 100 valence electrons. The minimum Gasteiger partial charge on any atom is -0.468 e. The normalized spacial score (nSPS) is 25.0. The molecule has 0 aromatic carbocycles. The van der Waals surface area contributed by atoms with Crippen molar-refractivity contribution in [3.8, 4) is 0 Å². The third-order valence-electron chi connectivity index (χ3n) is 3.08. The molecule has 2 rings (SSSR count). The molecule has 3 N–H and O–H groups in total. The van der Waals surface area contributed by atoms with Crippen molar-refractivity contribution < 1.29 is 14.6 Å². The second-order valence-electron chi connectivity index (χ2n) is 4.31. The molecule has 0 radical (unpaired) electrons. The predicted octanol–water partition coefficient (Wildman–Crippen LogP) is 0.224. The van der Waals surface area contributed by atoms with Gasteiger partial charge in [-0.05, 0) is 19.4 Å². The molecule has 1 aliphatic heterocycles. The number of esters is 1. The van der Waals surface area contributed by atoms with Gasteiger partial charge in [-0.2, -0.15) is 0 Å². The Morgan fingerprint density at radius 3 is 3.17 bits per heavy atom. The van der Waals surface area contributed by atoms with Crippen LogP contribution in [-0.4, -0.2) is 46.8 Å². The maximum Gasteiger partial charge on any atom is 0.325 e. The molecule has 0 aliphatic carbocycles. The van der Waals surface area contributed by atoms with Crippen LogP contribution in [0.5, 0.6) is 0 Å². The zero-order valence-corrected chi connectivity index (χ0v) is 11.0. The molecule has 0 spiro atoms. The van der Waals surface area contributed by atoms with Crippen molar-refractivity contribution in [3.63, 3.8) is 0 Å². The lowest BCUT2D eigenvalue weighted by molar-refractivity contribution is -0.154. The average molecular weight is 271 g/mol. The second-order valence-corrected chi connectivity index (χ2v) is 5.46. The van der Waals surface area contributed by atoms with Gasteiger partial charge in [-0.3, -0.25) is 9.69 Å². The van der Waals surface area contributed by atoms with Crippen LogP contribution in [0.1, 0.15) is 17.7 Å². The molecule has 2 heterocycles. The zero-order valence-electron chi connectivity index (χ0n) is 10.2. The topological polar surface area (TPSA) is 88.7 Å². The molecule has 1 saturated heterocycles. The fourth-order valence-corrected chi connectivity index (χ4v) is 2.95. The summed E-state index contributed by atoms with van der Waals surface area (Å²) in [6, 6.07) is -0.591. The van der Waals surface area contributed by atoms with Gasteiger partial charge >= 0.3 is 5.97 Å². The Morgan fingerprint density at radius 2 is 2.56 bits per heavy atom. The number of ether oxygens (including phenoxy) is 1. The Balaban J connectivity index is 2.10. The Labute approximate surface area is 109 Å². The zero-order chi connectivity index (χ0) is 13.1. The fraction of sp³-hybridized carbons (Fsp3) is 0.636. The number of nitrogen functional groups attached to an aromatic ring is 1. The quantitative estimate of drug-likeness (QED) is 0.765. The number of carbonyl (C=O) groups excluding carboxylic acids is 1. The van der Waals surface area contributed by atoms with Crippen LogP contribution in [-0.2, 0) is 16.1 Å². The molecule has 6 nitrogen and oxygen atoms in total. The molecule has 1 fully saturated rings. The van der Waals surface area contributed by atoms with Crippen molar-refractivity contribution in [2.24, 2.45) is 0 Å². The van der Waals surface area contributed by atoms with Crippen LogP contribution in [0.15, 0.2) is 6.20 Å². The smallest absolute Gasteiger partial charge is 0.325 e. The van der Waals surface area contributed by atoms with E-state index in [1.165, 1.54) is 18.4 Å². The van der Waals surface area contributed by atoms with E-state index in [-0.39, 0.29) is 5.97 Å². The van der Waals surface area contributed by atoms with Crippen molar-refractivity contribution in [2.45, 2.75) is 31.5 Å². The summed E-state index contributed by atoms with van der Waals surface area (Å²) in [5.41, 5.74) is 5.58. The highest BCUT2D eigenvalue weighted by Crippen LogP contribution is 2.24. The van der Waals surface area contributed by atoms with Gasteiger partial charge in [0, 0.05) is 17.6 Å². The first-order valence-corrected chi connectivity index (χ1v) is 6.63. The van der Waals surface area contributed by atoms with Gasteiger partial charge in [0.15, 0.2) is 5.13 Å². The summed E-state index contributed by atoms with van der Waals surface area (Å²) >= 11 is 1.40. The Kier molecular flexibility index (Phi) is 4.15. The standard InChI is InChI=1S/C11H17N3O3S/c1-17-10(16)9-8(15)3-2-4-14(9)6-7-5-13-11(12)18-7/h5,8-9,15H,2-4,6H2,1H3,(H2,12,13). The largest absolute Gasteiger partial charge is 0.468 e. The number of anilines is 1. The summed E-state index contributed by atoms with van der Waals surface area (Å²) in [5.74, 6) is -0.389. The fourth-order valence-electron chi connectivity index (χ4n) is 2.24. The van der Waals surface area contributed by atoms with E-state index in [0.29, 0.717) is 18.1 Å². The van der Waals surface area contributed by atoms with Crippen LogP contribution in [0.3, 0.4) is 0 Å². The van der Waals surface area contributed by atoms with E-state index in [9.17, 15) is 9.90 Å². The number of rotatable bonds is 3. The van der Waals surface area contributed by atoms with Gasteiger partial charge in [-0.25, -0.2) is 4.98 Å². The summed E-state index contributed by atoms with van der Waals surface area (Å²) in [4.78, 5) is 18.6. The molecular weight excluding hydrogens is 254 g/mol. The molecule has 0 bridgehead atoms. The summed E-state index contributed by atoms with van der Waals surface area (Å²) in [6.45, 7) is 1.32. The van der Waals surface area contributed by atoms with Gasteiger partial charge in [0.2, 0.25) is 0 Å². The van der Waals surface area contributed by atoms with Crippen LogP contribution in [0.4, 0.5) is 5.13 Å². The second kappa shape index (κ2) is 5.64. The molecule has 18 heavy (non-hydrogen) atoms. The lowest BCUT2D eigenvalue weighted by atomic mass is 9.99. The number of hydrogen-bond acceptors (Lipinski definition) is 7. The number of nitrogens with two attached hydrogens (primary N) is 1. The van der Waals surface area contributed by atoms with Crippen molar-refractivity contribution in [2.75, 3.05) is 19.4 Å². The minimum absolute atomic E-state index is 0.389. The lowest BCUT2D eigenvalue weighted by Gasteiger charge is -2.36. The molecule has 1 aromatic heterocycles. The summed E-state index contributed by atoms with van der Waals surface area (Å²) in [7, 11) is 1.34. The molecule has 0 amide bonds. The van der Waals surface area contributed by atoms with Crippen molar-refractivity contribution in [1.82, 2.24) is 9.88 Å². The number of thiazole rings is 1. The third kappa shape index (κ3) is 2.80. The molecule has 7 heteroatoms. The van der Waals surface area contributed by atoms with Gasteiger partial charge in [0.05, 0.1) is 13.2 Å². The number of likely N-dealkylation sites (tertiary alicyclic amines) is 1. The number of aromatic nitrogens is 1. The molecule has 2 unspecified atom stereocenters. The first-order chi connectivity index (χ1) is 8.61. The van der Waals surface area contributed by atoms with Crippen LogP contribution in [0, 0.1) is 0 Å². The number of aliphatic hydroxyl groups is 1. The molecule has 1 aromatic rings. The monoisotopic (exact) mass is 271 g/mol. The van der Waals surface area contributed by atoms with Gasteiger partial charge in [-0.1, -0.05) is 0 Å². The number of nitrogens with zero attached hydrogens (tertiary/aromatic N) is 2. The lowest BCUT2D eigenvalue weighted by Crippen LogP contribution is -2.52. The van der Waals surface area contributed by atoms with E-state index in [1.807, 2.05) is 4.90 Å². The van der Waals surface area contributed by atoms with E-state index in [0.717, 1.165) is 17.8 Å². The summed E-state index contributed by atoms with van der Waals surface area (Å²) in [5, 5.41) is 10.5. The van der Waals surface area contributed by atoms with E-state index in [2.05, 4.69) is 4.98 Å². The first-order valence-electron chi connectivity index (χ1n) is 5.82. The molecule has 1 aliphatic rings. The van der Waals surface area contributed by atoms with E-state index in [4.69, 9.17) is 10.5 Å². The van der Waals surface area contributed by atoms with Crippen molar-refractivity contribution in [1.29, 1.82) is 0 Å². The minimum atomic E-state index is -0.670. The van der Waals surface area contributed by atoms with Gasteiger partial charge in [-0.15, -0.1) is 11.3 Å². The van der Waals surface area contributed by atoms with Crippen LogP contribution >= 0.6 is 11.3 Å². The van der Waals surface area contributed by atoms with Crippen LogP contribution in [0.2, 0.25) is 0 Å². The molecule has 2 atom stereocenters. The van der Waals surface area contributed by atoms with E-state index in [1.54, 1.807) is 6.20 Å². The van der Waals surface area contributed by atoms with Crippen LogP contribution in [0.25, 0.3) is 0 Å². The number of piperidine rings is 1. The first kappa shape index (κ1) is 13.3. The van der Waals surface area contributed by atoms with E-state index < -0.39 is 12.1 Å². The summed E-state index contributed by atoms with van der Waals surface area (Å²) in [6.07, 6.45) is 2.52. The van der Waals surface area contributed by atoms with Gasteiger partial charge < -0.3 is 15.6 Å². The van der Waals surface area contributed by atoms with Gasteiger partial charge in [0.1, 0.15) is 6.04 Å². The van der Waals surface area contributed by atoms with Gasteiger partial charge in [0.25, 0.3) is 0 Å². The Bertz CT molecular complexity index is 423. The third-order valence-corrected chi connectivity index (χ3v) is 3.89. The van der Waals surface area contributed by atoms with E-state index >= 15 is 0 Å². The van der Waals surface area contributed by atoms with Crippen LogP contribution < -0.4 is 5.73 Å². The highest BCUT2D eigenvalue weighted by Gasteiger charge is 2.36. The molecular formula is C11H17N3O3S. The maximum atomic E-state index is 11.7. The number of aliphatic hydroxyl groups excluding tert-OH is 1. The number of carbonyl (C=O) groups is 1. The highest BCUT2D eigenvalue weighted by atomic mass is 32.1.